The fraction of sp³-hybridized carbons (Fsp3) is 1.00. The molecule has 5 heteroatoms. The molecule has 0 saturated heterocycles. The van der Waals surface area contributed by atoms with E-state index in [9.17, 15) is 4.21 Å². The molecule has 0 amide bonds. The Morgan fingerprint density at radius 1 is 1.33 bits per heavy atom. The summed E-state index contributed by atoms with van der Waals surface area (Å²) in [7, 11) is -4.00. The van der Waals surface area contributed by atoms with Crippen molar-refractivity contribution in [3.05, 3.63) is 0 Å². The van der Waals surface area contributed by atoms with Gasteiger partial charge >= 0.3 is 0 Å². The summed E-state index contributed by atoms with van der Waals surface area (Å²) in [5, 5.41) is 0.224. The van der Waals surface area contributed by atoms with Crippen molar-refractivity contribution in [1.29, 1.82) is 4.78 Å². The Morgan fingerprint density at radius 2 is 1.80 bits per heavy atom. The van der Waals surface area contributed by atoms with Gasteiger partial charge in [0.1, 0.15) is 0 Å². The molecule has 0 saturated carbocycles. The van der Waals surface area contributed by atoms with Gasteiger partial charge in [0.05, 0.1) is 0 Å². The molecule has 0 spiro atoms. The molecular weight excluding hydrogens is 226 g/mol. The average molecular weight is 251 g/mol. The highest BCUT2D eigenvalue weighted by Gasteiger charge is 2.36. The van der Waals surface area contributed by atoms with E-state index in [1.54, 1.807) is 0 Å². The summed E-state index contributed by atoms with van der Waals surface area (Å²) in [5.74, 6) is 0.446. The molecule has 0 unspecified atom stereocenters. The Hall–Kier alpha value is 0.127. The Kier molecular flexibility index (Phi) is 5.01. The van der Waals surface area contributed by atoms with E-state index in [0.717, 1.165) is 6.42 Å². The van der Waals surface area contributed by atoms with E-state index in [-0.39, 0.29) is 5.04 Å². The quantitative estimate of drug-likeness (QED) is 0.603. The molecule has 0 aliphatic carbocycles. The van der Waals surface area contributed by atoms with E-state index < -0.39 is 18.0 Å². The maximum atomic E-state index is 11.1. The van der Waals surface area contributed by atoms with E-state index in [4.69, 9.17) is 9.21 Å². The van der Waals surface area contributed by atoms with Gasteiger partial charge in [-0.05, 0) is 24.6 Å². The van der Waals surface area contributed by atoms with Crippen LogP contribution < -0.4 is 0 Å². The maximum absolute atomic E-state index is 11.1. The minimum absolute atomic E-state index is 0.224. The van der Waals surface area contributed by atoms with Crippen LogP contribution in [0, 0.1) is 4.78 Å². The standard InChI is InChI=1S/C10H25NO2SSi/c1-10(2,3)15(5,6)13-8-7-9-14(4,11)12/h11H,7-9H2,1-6H3/t14-/m0/s1. The second kappa shape index (κ2) is 4.97. The molecule has 0 aliphatic rings. The number of nitrogens with one attached hydrogen (secondary N) is 1. The van der Waals surface area contributed by atoms with Crippen LogP contribution in [0.15, 0.2) is 0 Å². The van der Waals surface area contributed by atoms with Crippen molar-refractivity contribution in [3.8, 4) is 0 Å². The van der Waals surface area contributed by atoms with Crippen LogP contribution in [-0.2, 0) is 14.2 Å². The van der Waals surface area contributed by atoms with E-state index in [2.05, 4.69) is 33.9 Å². The van der Waals surface area contributed by atoms with Crippen molar-refractivity contribution < 1.29 is 8.63 Å². The SMILES string of the molecule is CC(C)(C)[Si](C)(C)OCCC[S@@](C)(=N)=O. The van der Waals surface area contributed by atoms with Crippen molar-refractivity contribution >= 4 is 18.0 Å². The predicted octanol–water partition coefficient (Wildman–Crippen LogP) is 3.07. The summed E-state index contributed by atoms with van der Waals surface area (Å²) in [4.78, 5) is 0. The molecule has 1 N–H and O–H groups in total. The minimum atomic E-state index is -2.34. The van der Waals surface area contributed by atoms with Crippen molar-refractivity contribution in [2.75, 3.05) is 18.6 Å². The molecular formula is C10H25NO2SSi. The Balaban J connectivity index is 3.98. The first-order valence-electron chi connectivity index (χ1n) is 5.31. The number of rotatable bonds is 5. The highest BCUT2D eigenvalue weighted by molar-refractivity contribution is 7.91. The van der Waals surface area contributed by atoms with E-state index in [1.165, 1.54) is 6.26 Å². The summed E-state index contributed by atoms with van der Waals surface area (Å²) in [6, 6.07) is 0. The summed E-state index contributed by atoms with van der Waals surface area (Å²) in [6.07, 6.45) is 2.21. The van der Waals surface area contributed by atoms with E-state index >= 15 is 0 Å². The molecule has 1 atom stereocenters. The van der Waals surface area contributed by atoms with Crippen molar-refractivity contribution in [2.45, 2.75) is 45.3 Å². The molecule has 0 aromatic heterocycles. The zero-order chi connectivity index (χ0) is 12.3. The first-order chi connectivity index (χ1) is 6.46. The van der Waals surface area contributed by atoms with Crippen molar-refractivity contribution in [1.82, 2.24) is 0 Å². The van der Waals surface area contributed by atoms with Crippen LogP contribution in [0.4, 0.5) is 0 Å². The van der Waals surface area contributed by atoms with Crippen LogP contribution in [0.25, 0.3) is 0 Å². The van der Waals surface area contributed by atoms with Gasteiger partial charge in [0.25, 0.3) is 0 Å². The summed E-state index contributed by atoms with van der Waals surface area (Å²) < 4.78 is 24.3. The third-order valence-electron chi connectivity index (χ3n) is 2.95. The normalized spacial score (nSPS) is 17.5. The lowest BCUT2D eigenvalue weighted by molar-refractivity contribution is 0.288. The van der Waals surface area contributed by atoms with E-state index in [1.807, 2.05) is 0 Å². The molecule has 15 heavy (non-hydrogen) atoms. The number of hydrogen-bond acceptors (Lipinski definition) is 3. The van der Waals surface area contributed by atoms with Crippen LogP contribution >= 0.6 is 0 Å². The zero-order valence-corrected chi connectivity index (χ0v) is 12.7. The molecule has 0 aromatic carbocycles. The summed E-state index contributed by atoms with van der Waals surface area (Å²) in [6.45, 7) is 11.7. The van der Waals surface area contributed by atoms with Crippen molar-refractivity contribution in [3.63, 3.8) is 0 Å². The average Bonchev–Trinajstić information content (AvgIpc) is 1.94. The molecule has 0 aromatic rings. The predicted molar refractivity (Wildman–Crippen MR) is 69.4 cm³/mol. The third kappa shape index (κ3) is 6.32. The third-order valence-corrected chi connectivity index (χ3v) is 8.55. The highest BCUT2D eigenvalue weighted by Crippen LogP contribution is 2.36. The van der Waals surface area contributed by atoms with Crippen LogP contribution in [0.3, 0.4) is 0 Å². The molecule has 0 fully saturated rings. The van der Waals surface area contributed by atoms with Crippen molar-refractivity contribution in [2.24, 2.45) is 0 Å². The molecule has 0 heterocycles. The van der Waals surface area contributed by atoms with Gasteiger partial charge in [-0.15, -0.1) is 0 Å². The highest BCUT2D eigenvalue weighted by atomic mass is 32.2. The first kappa shape index (κ1) is 15.1. The lowest BCUT2D eigenvalue weighted by atomic mass is 10.2. The van der Waals surface area contributed by atoms with Gasteiger partial charge in [-0.1, -0.05) is 20.8 Å². The smallest absolute Gasteiger partial charge is 0.191 e. The summed E-state index contributed by atoms with van der Waals surface area (Å²) >= 11 is 0. The van der Waals surface area contributed by atoms with Gasteiger partial charge in [-0.25, -0.2) is 0 Å². The number of hydrogen-bond donors (Lipinski definition) is 1. The molecule has 92 valence electrons. The Labute approximate surface area is 95.7 Å². The molecule has 0 bridgehead atoms. The molecule has 0 radical (unpaired) electrons. The monoisotopic (exact) mass is 251 g/mol. The molecule has 0 aliphatic heterocycles. The van der Waals surface area contributed by atoms with Crippen LogP contribution in [0.1, 0.15) is 27.2 Å². The largest absolute Gasteiger partial charge is 0.417 e. The van der Waals surface area contributed by atoms with Crippen LogP contribution in [0.5, 0.6) is 0 Å². The maximum Gasteiger partial charge on any atom is 0.191 e. The minimum Gasteiger partial charge on any atom is -0.417 e. The van der Waals surface area contributed by atoms with Gasteiger partial charge in [0.15, 0.2) is 8.32 Å². The Morgan fingerprint density at radius 3 is 2.13 bits per heavy atom. The van der Waals surface area contributed by atoms with E-state index in [0.29, 0.717) is 12.4 Å². The molecule has 3 nitrogen and oxygen atoms in total. The Bertz CT molecular complexity index is 291. The van der Waals surface area contributed by atoms with Crippen LogP contribution in [-0.4, -0.2) is 31.1 Å². The first-order valence-corrected chi connectivity index (χ1v) is 10.4. The van der Waals surface area contributed by atoms with Gasteiger partial charge in [0, 0.05) is 28.3 Å². The fourth-order valence-electron chi connectivity index (χ4n) is 0.878. The topological polar surface area (TPSA) is 50.1 Å². The van der Waals surface area contributed by atoms with Gasteiger partial charge in [0.2, 0.25) is 0 Å². The van der Waals surface area contributed by atoms with Gasteiger partial charge in [-0.2, -0.15) is 0 Å². The summed E-state index contributed by atoms with van der Waals surface area (Å²) in [5.41, 5.74) is 0. The zero-order valence-electron chi connectivity index (χ0n) is 10.8. The lowest BCUT2D eigenvalue weighted by Gasteiger charge is -2.36. The fourth-order valence-corrected chi connectivity index (χ4v) is 2.63. The second-order valence-corrected chi connectivity index (χ2v) is 12.9. The van der Waals surface area contributed by atoms with Gasteiger partial charge < -0.3 is 4.43 Å². The molecule has 0 rings (SSSR count). The second-order valence-electron chi connectivity index (χ2n) is 5.67. The van der Waals surface area contributed by atoms with Gasteiger partial charge in [-0.3, -0.25) is 8.99 Å². The lowest BCUT2D eigenvalue weighted by Crippen LogP contribution is -2.41. The van der Waals surface area contributed by atoms with Crippen LogP contribution in [0.2, 0.25) is 18.1 Å².